The van der Waals surface area contributed by atoms with Crippen LogP contribution >= 0.6 is 0 Å². The first kappa shape index (κ1) is 20.0. The summed E-state index contributed by atoms with van der Waals surface area (Å²) in [7, 11) is 0. The molecule has 1 fully saturated rings. The second-order valence-corrected chi connectivity index (χ2v) is 5.33. The maximum absolute atomic E-state index is 2.45. The topological polar surface area (TPSA) is 0 Å². The molecule has 1 aromatic rings. The first-order valence-electron chi connectivity index (χ1n) is 6.61. The van der Waals surface area contributed by atoms with Gasteiger partial charge in [0.25, 0.3) is 0 Å². The van der Waals surface area contributed by atoms with Crippen LogP contribution in [0.1, 0.15) is 31.2 Å². The maximum atomic E-state index is 2.45. The number of allylic oxidation sites excluding steroid dienone is 4. The van der Waals surface area contributed by atoms with Gasteiger partial charge in [-0.05, 0) is 23.8 Å². The molecule has 0 amide bonds. The third kappa shape index (κ3) is 4.26. The van der Waals surface area contributed by atoms with Crippen molar-refractivity contribution in [3.63, 3.8) is 0 Å². The molecule has 20 heavy (non-hydrogen) atoms. The van der Waals surface area contributed by atoms with E-state index in [1.165, 1.54) is 18.4 Å². The summed E-state index contributed by atoms with van der Waals surface area (Å²) in [6.45, 7) is 2.33. The van der Waals surface area contributed by atoms with Crippen molar-refractivity contribution in [2.45, 2.75) is 25.7 Å². The summed E-state index contributed by atoms with van der Waals surface area (Å²) in [6.07, 6.45) is 11.8. The largest absolute Gasteiger partial charge is 3.00 e. The van der Waals surface area contributed by atoms with Gasteiger partial charge in [-0.1, -0.05) is 49.6 Å². The smallest absolute Gasteiger partial charge is 1.00 e. The molecular weight excluding hydrogens is 366 g/mol. The van der Waals surface area contributed by atoms with Gasteiger partial charge < -0.3 is 24.8 Å². The molecule has 0 heterocycles. The minimum Gasteiger partial charge on any atom is -1.00 e. The van der Waals surface area contributed by atoms with Crippen molar-refractivity contribution in [3.05, 3.63) is 66.1 Å². The summed E-state index contributed by atoms with van der Waals surface area (Å²) in [5.74, 6) is 2.13. The van der Waals surface area contributed by atoms with Crippen LogP contribution < -0.4 is 24.8 Å². The van der Waals surface area contributed by atoms with Gasteiger partial charge in [-0.15, -0.1) is 12.2 Å². The Morgan fingerprint density at radius 2 is 1.75 bits per heavy atom. The fourth-order valence-corrected chi connectivity index (χ4v) is 3.27. The number of rotatable bonds is 1. The van der Waals surface area contributed by atoms with Crippen LogP contribution in [-0.2, 0) is 26.2 Å². The van der Waals surface area contributed by atoms with Gasteiger partial charge in [0.05, 0.1) is 0 Å². The fourth-order valence-electron chi connectivity index (χ4n) is 3.27. The van der Waals surface area contributed by atoms with Gasteiger partial charge in [-0.2, -0.15) is 0 Å². The molecule has 0 aliphatic heterocycles. The van der Waals surface area contributed by atoms with Gasteiger partial charge in [0.15, 0.2) is 0 Å². The van der Waals surface area contributed by atoms with E-state index in [0.29, 0.717) is 5.92 Å². The summed E-state index contributed by atoms with van der Waals surface area (Å²) in [4.78, 5) is 0. The molecule has 2 aliphatic rings. The van der Waals surface area contributed by atoms with Gasteiger partial charge in [0, 0.05) is 0 Å². The number of benzene rings is 1. The molecule has 0 aromatic heterocycles. The molecule has 3 unspecified atom stereocenters. The third-order valence-corrected chi connectivity index (χ3v) is 4.06. The standard InChI is InChI=1S/C17H19.2ClH.Zr/c1-13-11-15-9-5-6-10-16(17(15)12-13)14-7-3-2-4-8-14;;;/h2-9,11,13,16-17H,10,12H2,1H3;2*1H;/q-1;;;+3/p-2. The van der Waals surface area contributed by atoms with Crippen LogP contribution in [0.25, 0.3) is 0 Å². The molecule has 0 N–H and O–H groups in total. The van der Waals surface area contributed by atoms with Crippen LogP contribution in [0.15, 0.2) is 54.1 Å². The fraction of sp³-hybridized carbons (Fsp3) is 0.353. The molecule has 3 heteroatoms. The van der Waals surface area contributed by atoms with E-state index < -0.39 is 0 Å². The predicted octanol–water partition coefficient (Wildman–Crippen LogP) is -1.48. The summed E-state index contributed by atoms with van der Waals surface area (Å²) >= 11 is 0. The van der Waals surface area contributed by atoms with E-state index in [1.54, 1.807) is 5.57 Å². The zero-order valence-corrected chi connectivity index (χ0v) is 15.6. The Balaban J connectivity index is 0.00000120. The number of hydrogen-bond donors (Lipinski definition) is 0. The van der Waals surface area contributed by atoms with Gasteiger partial charge in [0.1, 0.15) is 0 Å². The van der Waals surface area contributed by atoms with Crippen molar-refractivity contribution in [2.24, 2.45) is 11.8 Å². The predicted molar refractivity (Wildman–Crippen MR) is 72.6 cm³/mol. The van der Waals surface area contributed by atoms with E-state index in [-0.39, 0.29) is 51.0 Å². The third-order valence-electron chi connectivity index (χ3n) is 4.06. The first-order chi connectivity index (χ1) is 8.34. The molecule has 1 saturated carbocycles. The van der Waals surface area contributed by atoms with Crippen molar-refractivity contribution >= 4 is 0 Å². The average molecular weight is 385 g/mol. The van der Waals surface area contributed by atoms with Crippen LogP contribution in [0.4, 0.5) is 0 Å². The van der Waals surface area contributed by atoms with Crippen LogP contribution in [0.3, 0.4) is 0 Å². The van der Waals surface area contributed by atoms with Gasteiger partial charge in [-0.3, -0.25) is 0 Å². The van der Waals surface area contributed by atoms with E-state index in [4.69, 9.17) is 0 Å². The Kier molecular flexibility index (Phi) is 9.15. The summed E-state index contributed by atoms with van der Waals surface area (Å²) < 4.78 is 0. The van der Waals surface area contributed by atoms with E-state index in [9.17, 15) is 0 Å². The Morgan fingerprint density at radius 3 is 2.45 bits per heavy atom. The van der Waals surface area contributed by atoms with Crippen LogP contribution in [0, 0.1) is 18.3 Å². The molecule has 0 spiro atoms. The van der Waals surface area contributed by atoms with Crippen molar-refractivity contribution in [1.29, 1.82) is 0 Å². The molecule has 3 atom stereocenters. The maximum Gasteiger partial charge on any atom is 3.00 e. The minimum atomic E-state index is 0. The van der Waals surface area contributed by atoms with E-state index in [0.717, 1.165) is 11.8 Å². The Labute approximate surface area is 154 Å². The average Bonchev–Trinajstić information content (AvgIpc) is 2.61. The summed E-state index contributed by atoms with van der Waals surface area (Å²) in [5.41, 5.74) is 3.05. The Hall–Kier alpha value is 0.0331. The minimum absolute atomic E-state index is 0. The second kappa shape index (κ2) is 9.13. The number of hydrogen-bond acceptors (Lipinski definition) is 0. The molecule has 1 radical (unpaired) electrons. The van der Waals surface area contributed by atoms with E-state index in [1.807, 2.05) is 0 Å². The summed E-state index contributed by atoms with van der Waals surface area (Å²) in [6, 6.07) is 11.0. The molecule has 2 aliphatic carbocycles. The number of halogens is 2. The molecular formula is C17H19Cl2Zr. The SMILES string of the molecule is CC1[CH-]C2=CC=CCC(c3ccccc3)C2C1.[Cl-].[Cl-].[Zr+3]. The monoisotopic (exact) mass is 383 g/mol. The number of fused-ring (bicyclic) bond motifs is 1. The molecule has 3 rings (SSSR count). The second-order valence-electron chi connectivity index (χ2n) is 5.33. The van der Waals surface area contributed by atoms with Gasteiger partial charge in [0.2, 0.25) is 0 Å². The zero-order chi connectivity index (χ0) is 11.7. The van der Waals surface area contributed by atoms with Crippen molar-refractivity contribution < 1.29 is 51.0 Å². The van der Waals surface area contributed by atoms with E-state index >= 15 is 0 Å². The Bertz CT molecular complexity index is 453. The van der Waals surface area contributed by atoms with Crippen LogP contribution in [-0.4, -0.2) is 0 Å². The quantitative estimate of drug-likeness (QED) is 0.518. The normalized spacial score (nSPS) is 26.6. The molecule has 0 saturated heterocycles. The molecule has 1 aromatic carbocycles. The molecule has 0 bridgehead atoms. The molecule has 105 valence electrons. The van der Waals surface area contributed by atoms with Crippen LogP contribution in [0.2, 0.25) is 0 Å². The zero-order valence-electron chi connectivity index (χ0n) is 11.6. The van der Waals surface area contributed by atoms with Crippen molar-refractivity contribution in [3.8, 4) is 0 Å². The van der Waals surface area contributed by atoms with Crippen LogP contribution in [0.5, 0.6) is 0 Å². The molecule has 0 nitrogen and oxygen atoms in total. The van der Waals surface area contributed by atoms with Crippen molar-refractivity contribution in [1.82, 2.24) is 0 Å². The summed E-state index contributed by atoms with van der Waals surface area (Å²) in [5, 5.41) is 0. The first-order valence-corrected chi connectivity index (χ1v) is 6.61. The van der Waals surface area contributed by atoms with E-state index in [2.05, 4.69) is 61.9 Å². The Morgan fingerprint density at radius 1 is 1.05 bits per heavy atom. The van der Waals surface area contributed by atoms with Gasteiger partial charge in [-0.25, -0.2) is 18.1 Å². The van der Waals surface area contributed by atoms with Gasteiger partial charge >= 0.3 is 26.2 Å². The van der Waals surface area contributed by atoms with Crippen molar-refractivity contribution in [2.75, 3.05) is 0 Å².